The molecule has 4 aliphatic rings. The number of amides is 3. The van der Waals surface area contributed by atoms with Crippen molar-refractivity contribution in [1.29, 1.82) is 0 Å². The Morgan fingerprint density at radius 1 is 1.12 bits per heavy atom. The molecule has 3 amide bonds. The second-order valence-electron chi connectivity index (χ2n) is 9.77. The Kier molecular flexibility index (Phi) is 5.63. The van der Waals surface area contributed by atoms with Crippen LogP contribution in [0.2, 0.25) is 0 Å². The van der Waals surface area contributed by atoms with Gasteiger partial charge in [-0.3, -0.25) is 9.59 Å². The molecule has 1 atom stereocenters. The molecular formula is C22H29N7O4. The Bertz CT molecular complexity index is 1030. The number of aromatic amines is 1. The lowest BCUT2D eigenvalue weighted by atomic mass is 9.53. The van der Waals surface area contributed by atoms with Gasteiger partial charge < -0.3 is 25.7 Å². The number of H-pyrrole nitrogens is 1. The Hall–Kier alpha value is -3.24. The number of anilines is 1. The molecule has 4 bridgehead atoms. The maximum Gasteiger partial charge on any atom is 0.315 e. The highest BCUT2D eigenvalue weighted by molar-refractivity contribution is 5.99. The average Bonchev–Trinajstić information content (AvgIpc) is 3.22. The Morgan fingerprint density at radius 2 is 1.82 bits per heavy atom. The van der Waals surface area contributed by atoms with E-state index in [1.165, 1.54) is 38.8 Å². The summed E-state index contributed by atoms with van der Waals surface area (Å²) < 4.78 is 5.20. The fourth-order valence-electron chi connectivity index (χ4n) is 6.21. The van der Waals surface area contributed by atoms with E-state index in [0.717, 1.165) is 37.0 Å². The molecule has 0 saturated heterocycles. The highest BCUT2D eigenvalue weighted by atomic mass is 16.5. The van der Waals surface area contributed by atoms with E-state index in [0.29, 0.717) is 11.2 Å². The first-order valence-electron chi connectivity index (χ1n) is 11.6. The topological polar surface area (TPSA) is 151 Å². The molecule has 2 aromatic rings. The third kappa shape index (κ3) is 4.62. The molecule has 0 spiro atoms. The van der Waals surface area contributed by atoms with Crippen LogP contribution < -0.4 is 16.0 Å². The summed E-state index contributed by atoms with van der Waals surface area (Å²) in [6.07, 6.45) is 8.82. The Labute approximate surface area is 190 Å². The first kappa shape index (κ1) is 21.6. The second-order valence-corrected chi connectivity index (χ2v) is 9.77. The van der Waals surface area contributed by atoms with Crippen molar-refractivity contribution in [2.45, 2.75) is 63.5 Å². The van der Waals surface area contributed by atoms with Gasteiger partial charge in [-0.25, -0.2) is 19.7 Å². The molecule has 0 aromatic carbocycles. The number of nitrogens with zero attached hydrogens (tertiary/aromatic N) is 3. The predicted molar refractivity (Wildman–Crippen MR) is 118 cm³/mol. The van der Waals surface area contributed by atoms with Crippen LogP contribution in [0.3, 0.4) is 0 Å². The number of hydrogen-bond acceptors (Lipinski definition) is 7. The number of urea groups is 1. The molecule has 11 nitrogen and oxygen atoms in total. The van der Waals surface area contributed by atoms with E-state index in [1.54, 1.807) is 0 Å². The molecule has 1 unspecified atom stereocenters. The zero-order chi connectivity index (χ0) is 23.0. The molecule has 176 valence electrons. The monoisotopic (exact) mass is 455 g/mol. The summed E-state index contributed by atoms with van der Waals surface area (Å²) in [6.45, 7) is 1.62. The van der Waals surface area contributed by atoms with Gasteiger partial charge in [0, 0.05) is 12.1 Å². The number of rotatable bonds is 7. The van der Waals surface area contributed by atoms with E-state index in [4.69, 9.17) is 4.74 Å². The standard InChI is InChI=1S/C22H29N7O4/c1-12(20(31)28-19-17-18(25-10-24-17)26-11-27-19)33-16(30)2-3-23-21(32)29-22-7-13-4-14(8-22)6-15(5-13)9-22/h10-15H,2-9H2,1H3,(H2,23,29,32)(H2,24,25,26,27,28,31). The van der Waals surface area contributed by atoms with Crippen molar-refractivity contribution in [2.75, 3.05) is 11.9 Å². The van der Waals surface area contributed by atoms with Crippen LogP contribution in [0.4, 0.5) is 10.6 Å². The number of imidazole rings is 1. The number of carbonyl (C=O) groups excluding carboxylic acids is 3. The minimum absolute atomic E-state index is 0.0236. The normalized spacial score (nSPS) is 28.3. The summed E-state index contributed by atoms with van der Waals surface area (Å²) in [6, 6.07) is -0.233. The van der Waals surface area contributed by atoms with Crippen LogP contribution in [0.1, 0.15) is 51.9 Å². The summed E-state index contributed by atoms with van der Waals surface area (Å²) in [7, 11) is 0. The zero-order valence-electron chi connectivity index (χ0n) is 18.6. The summed E-state index contributed by atoms with van der Waals surface area (Å²) in [5.41, 5.74) is 0.828. The molecule has 0 aliphatic heterocycles. The lowest BCUT2D eigenvalue weighted by molar-refractivity contribution is -0.153. The van der Waals surface area contributed by atoms with Gasteiger partial charge in [-0.05, 0) is 63.2 Å². The number of nitrogens with one attached hydrogen (secondary N) is 4. The molecule has 4 aliphatic carbocycles. The van der Waals surface area contributed by atoms with E-state index >= 15 is 0 Å². The zero-order valence-corrected chi connectivity index (χ0v) is 18.6. The third-order valence-corrected chi connectivity index (χ3v) is 7.17. The van der Waals surface area contributed by atoms with Crippen LogP contribution in [-0.2, 0) is 14.3 Å². The molecule has 2 heterocycles. The molecule has 4 fully saturated rings. The van der Waals surface area contributed by atoms with E-state index in [9.17, 15) is 14.4 Å². The van der Waals surface area contributed by atoms with Crippen molar-refractivity contribution in [3.05, 3.63) is 12.7 Å². The van der Waals surface area contributed by atoms with Gasteiger partial charge in [0.05, 0.1) is 12.7 Å². The van der Waals surface area contributed by atoms with Crippen LogP contribution in [0.5, 0.6) is 0 Å². The number of esters is 1. The van der Waals surface area contributed by atoms with Gasteiger partial charge in [-0.15, -0.1) is 0 Å². The maximum atomic E-state index is 12.5. The van der Waals surface area contributed by atoms with Crippen molar-refractivity contribution in [3.8, 4) is 0 Å². The van der Waals surface area contributed by atoms with Gasteiger partial charge in [0.2, 0.25) is 0 Å². The van der Waals surface area contributed by atoms with Crippen molar-refractivity contribution < 1.29 is 19.1 Å². The van der Waals surface area contributed by atoms with Gasteiger partial charge in [-0.2, -0.15) is 0 Å². The lowest BCUT2D eigenvalue weighted by Crippen LogP contribution is -2.61. The summed E-state index contributed by atoms with van der Waals surface area (Å²) in [5.74, 6) is 1.39. The average molecular weight is 456 g/mol. The van der Waals surface area contributed by atoms with Gasteiger partial charge in [-0.1, -0.05) is 0 Å². The minimum atomic E-state index is -1.02. The fraction of sp³-hybridized carbons (Fsp3) is 0.636. The van der Waals surface area contributed by atoms with Crippen molar-refractivity contribution in [3.63, 3.8) is 0 Å². The molecular weight excluding hydrogens is 426 g/mol. The second kappa shape index (κ2) is 8.60. The number of fused-ring (bicyclic) bond motifs is 1. The number of hydrogen-bond donors (Lipinski definition) is 4. The van der Waals surface area contributed by atoms with Crippen LogP contribution in [0.15, 0.2) is 12.7 Å². The van der Waals surface area contributed by atoms with Gasteiger partial charge in [0.1, 0.15) is 11.8 Å². The first-order chi connectivity index (χ1) is 15.9. The quantitative estimate of drug-likeness (QED) is 0.465. The van der Waals surface area contributed by atoms with Gasteiger partial charge in [0.15, 0.2) is 17.6 Å². The van der Waals surface area contributed by atoms with Crippen molar-refractivity contribution in [1.82, 2.24) is 30.6 Å². The summed E-state index contributed by atoms with van der Waals surface area (Å²) in [5, 5.41) is 8.58. The van der Waals surface area contributed by atoms with Gasteiger partial charge >= 0.3 is 12.0 Å². The van der Waals surface area contributed by atoms with Crippen LogP contribution in [-0.4, -0.2) is 56.0 Å². The number of carbonyl (C=O) groups is 3. The Balaban J connectivity index is 1.05. The van der Waals surface area contributed by atoms with E-state index < -0.39 is 18.0 Å². The molecule has 11 heteroatoms. The molecule has 4 saturated carbocycles. The molecule has 33 heavy (non-hydrogen) atoms. The molecule has 4 N–H and O–H groups in total. The first-order valence-corrected chi connectivity index (χ1v) is 11.6. The van der Waals surface area contributed by atoms with Crippen molar-refractivity contribution in [2.24, 2.45) is 17.8 Å². The SMILES string of the molecule is CC(OC(=O)CCNC(=O)NC12CC3CC(CC(C3)C1)C2)C(=O)Nc1ncnc2nc[nH]c12. The van der Waals surface area contributed by atoms with Crippen LogP contribution >= 0.6 is 0 Å². The van der Waals surface area contributed by atoms with Crippen LogP contribution in [0.25, 0.3) is 11.2 Å². The highest BCUT2D eigenvalue weighted by Crippen LogP contribution is 2.55. The molecule has 2 aromatic heterocycles. The van der Waals surface area contributed by atoms with Gasteiger partial charge in [0.25, 0.3) is 5.91 Å². The third-order valence-electron chi connectivity index (χ3n) is 7.17. The maximum absolute atomic E-state index is 12.5. The number of ether oxygens (including phenoxy) is 1. The summed E-state index contributed by atoms with van der Waals surface area (Å²) in [4.78, 5) is 51.9. The smallest absolute Gasteiger partial charge is 0.315 e. The van der Waals surface area contributed by atoms with Crippen molar-refractivity contribution >= 4 is 34.9 Å². The summed E-state index contributed by atoms with van der Waals surface area (Å²) >= 11 is 0. The largest absolute Gasteiger partial charge is 0.452 e. The number of aromatic nitrogens is 4. The van der Waals surface area contributed by atoms with Crippen LogP contribution in [0, 0.1) is 17.8 Å². The molecule has 6 rings (SSSR count). The lowest BCUT2D eigenvalue weighted by Gasteiger charge is -2.56. The van der Waals surface area contributed by atoms with E-state index in [2.05, 4.69) is 35.9 Å². The fourth-order valence-corrected chi connectivity index (χ4v) is 6.21. The molecule has 0 radical (unpaired) electrons. The van der Waals surface area contributed by atoms with E-state index in [-0.39, 0.29) is 30.4 Å². The predicted octanol–water partition coefficient (Wildman–Crippen LogP) is 1.88. The Morgan fingerprint density at radius 3 is 2.52 bits per heavy atom. The minimum Gasteiger partial charge on any atom is -0.452 e. The highest BCUT2D eigenvalue weighted by Gasteiger charge is 2.51. The van der Waals surface area contributed by atoms with E-state index in [1.807, 2.05) is 0 Å².